The molecule has 4 nitrogen and oxygen atoms in total. The van der Waals surface area contributed by atoms with Crippen molar-refractivity contribution in [2.75, 3.05) is 27.2 Å². The van der Waals surface area contributed by atoms with Crippen LogP contribution in [0, 0.1) is 5.92 Å². The second-order valence-electron chi connectivity index (χ2n) is 9.79. The molecule has 1 aliphatic rings. The van der Waals surface area contributed by atoms with Crippen LogP contribution in [0.4, 0.5) is 0 Å². The highest BCUT2D eigenvalue weighted by Gasteiger charge is 2.21. The average Bonchev–Trinajstić information content (AvgIpc) is 3.22. The molecule has 1 aliphatic heterocycles. The third-order valence-corrected chi connectivity index (χ3v) is 6.94. The van der Waals surface area contributed by atoms with Crippen LogP contribution >= 0.6 is 0 Å². The number of hydrogen-bond donors (Lipinski definition) is 0. The fraction of sp³-hybridized carbons (Fsp3) is 0.536. The van der Waals surface area contributed by atoms with Crippen molar-refractivity contribution in [2.24, 2.45) is 5.92 Å². The fourth-order valence-corrected chi connectivity index (χ4v) is 5.04. The van der Waals surface area contributed by atoms with Gasteiger partial charge < -0.3 is 9.42 Å². The number of benzene rings is 2. The Kier molecular flexibility index (Phi) is 7.99. The lowest BCUT2D eigenvalue weighted by Crippen LogP contribution is -2.33. The first-order valence-electron chi connectivity index (χ1n) is 12.4. The van der Waals surface area contributed by atoms with E-state index in [-0.39, 0.29) is 0 Å². The number of rotatable bonds is 10. The summed E-state index contributed by atoms with van der Waals surface area (Å²) in [5.41, 5.74) is 6.33. The molecule has 0 amide bonds. The lowest BCUT2D eigenvalue weighted by atomic mass is 9.90. The van der Waals surface area contributed by atoms with E-state index in [1.165, 1.54) is 67.3 Å². The SMILES string of the molecule is CCCCc1ccc2c(CCC3CCN(Cc4ccccc4)CC3)noc2c1CN(C)C. The van der Waals surface area contributed by atoms with Gasteiger partial charge in [-0.05, 0) is 88.8 Å². The minimum atomic E-state index is 0.791. The summed E-state index contributed by atoms with van der Waals surface area (Å²) in [6.07, 6.45) is 8.35. The molecule has 172 valence electrons. The number of fused-ring (bicyclic) bond motifs is 1. The van der Waals surface area contributed by atoms with E-state index >= 15 is 0 Å². The Hall–Kier alpha value is -2.17. The summed E-state index contributed by atoms with van der Waals surface area (Å²) in [4.78, 5) is 4.83. The Morgan fingerprint density at radius 2 is 1.81 bits per heavy atom. The summed E-state index contributed by atoms with van der Waals surface area (Å²) in [6, 6.07) is 15.4. The lowest BCUT2D eigenvalue weighted by Gasteiger charge is -2.32. The predicted molar refractivity (Wildman–Crippen MR) is 133 cm³/mol. The molecule has 0 spiro atoms. The Labute approximate surface area is 193 Å². The molecule has 32 heavy (non-hydrogen) atoms. The van der Waals surface area contributed by atoms with Crippen molar-refractivity contribution in [3.8, 4) is 0 Å². The van der Waals surface area contributed by atoms with E-state index in [1.54, 1.807) is 0 Å². The van der Waals surface area contributed by atoms with Gasteiger partial charge in [0.25, 0.3) is 0 Å². The number of aromatic nitrogens is 1. The summed E-state index contributed by atoms with van der Waals surface area (Å²) < 4.78 is 5.94. The van der Waals surface area contributed by atoms with Crippen LogP contribution in [-0.2, 0) is 25.9 Å². The van der Waals surface area contributed by atoms with E-state index in [0.29, 0.717) is 0 Å². The summed E-state index contributed by atoms with van der Waals surface area (Å²) >= 11 is 0. The van der Waals surface area contributed by atoms with E-state index in [2.05, 4.69) is 78.4 Å². The fourth-order valence-electron chi connectivity index (χ4n) is 5.04. The normalized spacial score (nSPS) is 15.8. The van der Waals surface area contributed by atoms with E-state index in [9.17, 15) is 0 Å². The van der Waals surface area contributed by atoms with Gasteiger partial charge in [-0.2, -0.15) is 0 Å². The van der Waals surface area contributed by atoms with Crippen molar-refractivity contribution in [3.63, 3.8) is 0 Å². The molecule has 3 aromatic rings. The molecule has 0 radical (unpaired) electrons. The van der Waals surface area contributed by atoms with Crippen LogP contribution in [0.25, 0.3) is 11.0 Å². The first kappa shape index (κ1) is 23.0. The van der Waals surface area contributed by atoms with Crippen molar-refractivity contribution in [1.82, 2.24) is 15.0 Å². The molecule has 1 saturated heterocycles. The molecule has 4 heteroatoms. The largest absolute Gasteiger partial charge is 0.356 e. The van der Waals surface area contributed by atoms with Gasteiger partial charge in [0.1, 0.15) is 0 Å². The zero-order chi connectivity index (χ0) is 22.3. The molecular weight excluding hydrogens is 394 g/mol. The highest BCUT2D eigenvalue weighted by molar-refractivity contribution is 5.83. The minimum Gasteiger partial charge on any atom is -0.356 e. The molecule has 0 bridgehead atoms. The number of unbranched alkanes of at least 4 members (excludes halogenated alkanes) is 1. The van der Waals surface area contributed by atoms with Crippen molar-refractivity contribution in [1.29, 1.82) is 0 Å². The summed E-state index contributed by atoms with van der Waals surface area (Å²) in [5, 5.41) is 5.76. The van der Waals surface area contributed by atoms with Crippen molar-refractivity contribution in [3.05, 3.63) is 64.8 Å². The predicted octanol–water partition coefficient (Wildman–Crippen LogP) is 6.08. The number of hydrogen-bond acceptors (Lipinski definition) is 4. The molecule has 1 fully saturated rings. The van der Waals surface area contributed by atoms with Gasteiger partial charge in [-0.1, -0.05) is 54.9 Å². The van der Waals surface area contributed by atoms with Gasteiger partial charge in [-0.15, -0.1) is 0 Å². The smallest absolute Gasteiger partial charge is 0.171 e. The summed E-state index contributed by atoms with van der Waals surface area (Å²) in [7, 11) is 4.26. The molecule has 0 saturated carbocycles. The van der Waals surface area contributed by atoms with E-state index in [4.69, 9.17) is 4.52 Å². The molecular formula is C28H39N3O. The molecule has 4 rings (SSSR count). The first-order valence-corrected chi connectivity index (χ1v) is 12.4. The van der Waals surface area contributed by atoms with Crippen LogP contribution in [-0.4, -0.2) is 42.1 Å². The quantitative estimate of drug-likeness (QED) is 0.388. The van der Waals surface area contributed by atoms with Crippen molar-refractivity contribution in [2.45, 2.75) is 65.0 Å². The Morgan fingerprint density at radius 3 is 2.53 bits per heavy atom. The van der Waals surface area contributed by atoms with Crippen LogP contribution < -0.4 is 0 Å². The highest BCUT2D eigenvalue weighted by Crippen LogP contribution is 2.30. The second kappa shape index (κ2) is 11.1. The van der Waals surface area contributed by atoms with Gasteiger partial charge in [0, 0.05) is 24.0 Å². The third kappa shape index (κ3) is 5.79. The monoisotopic (exact) mass is 433 g/mol. The third-order valence-electron chi connectivity index (χ3n) is 6.94. The zero-order valence-electron chi connectivity index (χ0n) is 20.1. The Bertz CT molecular complexity index is 971. The van der Waals surface area contributed by atoms with Gasteiger partial charge in [0.15, 0.2) is 5.58 Å². The van der Waals surface area contributed by atoms with Gasteiger partial charge in [0.2, 0.25) is 0 Å². The second-order valence-corrected chi connectivity index (χ2v) is 9.79. The van der Waals surface area contributed by atoms with Gasteiger partial charge in [-0.25, -0.2) is 0 Å². The van der Waals surface area contributed by atoms with E-state index < -0.39 is 0 Å². The Morgan fingerprint density at radius 1 is 1.03 bits per heavy atom. The molecule has 2 aromatic carbocycles. The topological polar surface area (TPSA) is 32.5 Å². The Balaban J connectivity index is 1.36. The highest BCUT2D eigenvalue weighted by atomic mass is 16.5. The molecule has 0 N–H and O–H groups in total. The zero-order valence-corrected chi connectivity index (χ0v) is 20.1. The number of likely N-dealkylation sites (tertiary alicyclic amines) is 1. The molecule has 0 unspecified atom stereocenters. The number of nitrogens with zero attached hydrogens (tertiary/aromatic N) is 3. The van der Waals surface area contributed by atoms with Crippen LogP contribution in [0.5, 0.6) is 0 Å². The minimum absolute atomic E-state index is 0.791. The molecule has 0 aliphatic carbocycles. The molecule has 1 aromatic heterocycles. The van der Waals surface area contributed by atoms with Crippen molar-refractivity contribution < 1.29 is 4.52 Å². The lowest BCUT2D eigenvalue weighted by molar-refractivity contribution is 0.172. The van der Waals surface area contributed by atoms with E-state index in [1.807, 2.05) is 0 Å². The van der Waals surface area contributed by atoms with Crippen LogP contribution in [0.2, 0.25) is 0 Å². The summed E-state index contributed by atoms with van der Waals surface area (Å²) in [5.74, 6) is 0.791. The standard InChI is InChI=1S/C28H39N3O/c1-4-5-11-24-13-14-25-27(29-32-28(25)26(24)21-30(2)3)15-12-22-16-18-31(19-17-22)20-23-9-7-6-8-10-23/h6-10,13-14,22H,4-5,11-12,15-21H2,1-3H3. The maximum atomic E-state index is 5.94. The van der Waals surface area contributed by atoms with Gasteiger partial charge in [0.05, 0.1) is 5.69 Å². The van der Waals surface area contributed by atoms with Crippen LogP contribution in [0.15, 0.2) is 47.0 Å². The first-order chi connectivity index (χ1) is 15.6. The molecule has 2 heterocycles. The summed E-state index contributed by atoms with van der Waals surface area (Å²) in [6.45, 7) is 6.64. The maximum Gasteiger partial charge on any atom is 0.171 e. The molecule has 0 atom stereocenters. The maximum absolute atomic E-state index is 5.94. The number of piperidine rings is 1. The van der Waals surface area contributed by atoms with Crippen LogP contribution in [0.3, 0.4) is 0 Å². The van der Waals surface area contributed by atoms with E-state index in [0.717, 1.165) is 43.1 Å². The van der Waals surface area contributed by atoms with Crippen molar-refractivity contribution >= 4 is 11.0 Å². The number of aryl methyl sites for hydroxylation is 2. The van der Waals surface area contributed by atoms with Gasteiger partial charge in [-0.3, -0.25) is 4.90 Å². The van der Waals surface area contributed by atoms with Gasteiger partial charge >= 0.3 is 0 Å². The average molecular weight is 434 g/mol. The van der Waals surface area contributed by atoms with Crippen LogP contribution in [0.1, 0.15) is 61.4 Å².